The number of phenolic OH excluding ortho intramolecular Hbond substituents is 1. The number of anilines is 1. The van der Waals surface area contributed by atoms with Crippen LogP contribution in [0.1, 0.15) is 36.5 Å². The van der Waals surface area contributed by atoms with Gasteiger partial charge in [-0.2, -0.15) is 5.10 Å². The first-order valence-electron chi connectivity index (χ1n) is 8.35. The SMILES string of the molecule is CC(=NNC(=O)CCC(=O)Nc1ccc(C)cc1C)c1ccccc1O. The van der Waals surface area contributed by atoms with E-state index in [1.807, 2.05) is 32.0 Å². The van der Waals surface area contributed by atoms with Gasteiger partial charge in [0.2, 0.25) is 11.8 Å². The zero-order valence-corrected chi connectivity index (χ0v) is 15.2. The maximum atomic E-state index is 12.0. The summed E-state index contributed by atoms with van der Waals surface area (Å²) < 4.78 is 0. The maximum absolute atomic E-state index is 12.0. The molecule has 0 saturated heterocycles. The molecular formula is C20H23N3O3. The number of nitrogens with zero attached hydrogens (tertiary/aromatic N) is 1. The van der Waals surface area contributed by atoms with Crippen molar-refractivity contribution >= 4 is 23.2 Å². The van der Waals surface area contributed by atoms with E-state index in [4.69, 9.17) is 0 Å². The Morgan fingerprint density at radius 2 is 1.73 bits per heavy atom. The van der Waals surface area contributed by atoms with Crippen molar-refractivity contribution in [2.45, 2.75) is 33.6 Å². The van der Waals surface area contributed by atoms with Crippen molar-refractivity contribution in [1.29, 1.82) is 0 Å². The number of rotatable bonds is 6. The molecule has 0 saturated carbocycles. The van der Waals surface area contributed by atoms with Gasteiger partial charge < -0.3 is 10.4 Å². The Labute approximate surface area is 152 Å². The van der Waals surface area contributed by atoms with Crippen LogP contribution in [-0.2, 0) is 9.59 Å². The fourth-order valence-electron chi connectivity index (χ4n) is 2.44. The second-order valence-electron chi connectivity index (χ2n) is 6.12. The summed E-state index contributed by atoms with van der Waals surface area (Å²) in [4.78, 5) is 23.9. The molecule has 0 radical (unpaired) electrons. The predicted octanol–water partition coefficient (Wildman–Crippen LogP) is 3.27. The smallest absolute Gasteiger partial charge is 0.240 e. The third kappa shape index (κ3) is 5.44. The number of phenols is 1. The van der Waals surface area contributed by atoms with Crippen molar-refractivity contribution < 1.29 is 14.7 Å². The molecule has 2 amide bonds. The Hall–Kier alpha value is -3.15. The minimum absolute atomic E-state index is 0.0221. The summed E-state index contributed by atoms with van der Waals surface area (Å²) in [5, 5.41) is 16.5. The average molecular weight is 353 g/mol. The molecule has 0 aliphatic carbocycles. The van der Waals surface area contributed by atoms with Gasteiger partial charge in [-0.1, -0.05) is 29.8 Å². The van der Waals surface area contributed by atoms with Gasteiger partial charge in [0.25, 0.3) is 0 Å². The van der Waals surface area contributed by atoms with Crippen molar-refractivity contribution in [3.05, 3.63) is 59.2 Å². The van der Waals surface area contributed by atoms with Crippen molar-refractivity contribution in [3.63, 3.8) is 0 Å². The van der Waals surface area contributed by atoms with E-state index in [1.165, 1.54) is 0 Å². The van der Waals surface area contributed by atoms with Crippen LogP contribution in [0, 0.1) is 13.8 Å². The van der Waals surface area contributed by atoms with Crippen LogP contribution in [0.2, 0.25) is 0 Å². The average Bonchev–Trinajstić information content (AvgIpc) is 2.60. The van der Waals surface area contributed by atoms with Crippen LogP contribution in [0.3, 0.4) is 0 Å². The van der Waals surface area contributed by atoms with E-state index in [0.717, 1.165) is 16.8 Å². The van der Waals surface area contributed by atoms with Crippen molar-refractivity contribution in [2.75, 3.05) is 5.32 Å². The van der Waals surface area contributed by atoms with E-state index in [-0.39, 0.29) is 30.4 Å². The standard InChI is InChI=1S/C20H23N3O3/c1-13-8-9-17(14(2)12-13)21-19(25)10-11-20(26)23-22-15(3)16-6-4-5-7-18(16)24/h4-9,12,24H,10-11H2,1-3H3,(H,21,25)(H,23,26). The number of aromatic hydroxyl groups is 1. The number of benzene rings is 2. The Balaban J connectivity index is 1.83. The van der Waals surface area contributed by atoms with Gasteiger partial charge in [-0.15, -0.1) is 0 Å². The molecule has 26 heavy (non-hydrogen) atoms. The zero-order chi connectivity index (χ0) is 19.1. The Morgan fingerprint density at radius 1 is 1.04 bits per heavy atom. The van der Waals surface area contributed by atoms with E-state index in [1.54, 1.807) is 31.2 Å². The number of carbonyl (C=O) groups is 2. The summed E-state index contributed by atoms with van der Waals surface area (Å²) >= 11 is 0. The lowest BCUT2D eigenvalue weighted by molar-refractivity contribution is -0.124. The summed E-state index contributed by atoms with van der Waals surface area (Å²) in [6, 6.07) is 12.5. The second-order valence-corrected chi connectivity index (χ2v) is 6.12. The van der Waals surface area contributed by atoms with Gasteiger partial charge in [-0.05, 0) is 44.5 Å². The van der Waals surface area contributed by atoms with E-state index in [9.17, 15) is 14.7 Å². The van der Waals surface area contributed by atoms with E-state index in [0.29, 0.717) is 11.3 Å². The fraction of sp³-hybridized carbons (Fsp3) is 0.250. The Morgan fingerprint density at radius 3 is 2.42 bits per heavy atom. The molecule has 0 aliphatic heterocycles. The van der Waals surface area contributed by atoms with Gasteiger partial charge in [0.1, 0.15) is 5.75 Å². The number of nitrogens with one attached hydrogen (secondary N) is 2. The molecule has 0 fully saturated rings. The molecule has 3 N–H and O–H groups in total. The van der Waals surface area contributed by atoms with E-state index in [2.05, 4.69) is 15.8 Å². The third-order valence-electron chi connectivity index (χ3n) is 3.88. The monoisotopic (exact) mass is 353 g/mol. The van der Waals surface area contributed by atoms with Gasteiger partial charge in [0, 0.05) is 24.1 Å². The first-order chi connectivity index (χ1) is 12.4. The number of hydrazone groups is 1. The number of amides is 2. The second kappa shape index (κ2) is 8.80. The van der Waals surface area contributed by atoms with Gasteiger partial charge >= 0.3 is 0 Å². The summed E-state index contributed by atoms with van der Waals surface area (Å²) in [6.07, 6.45) is 0.0819. The maximum Gasteiger partial charge on any atom is 0.240 e. The molecule has 6 nitrogen and oxygen atoms in total. The van der Waals surface area contributed by atoms with Gasteiger partial charge in [0.05, 0.1) is 5.71 Å². The molecule has 0 unspecified atom stereocenters. The normalized spacial score (nSPS) is 11.1. The lowest BCUT2D eigenvalue weighted by Gasteiger charge is -2.09. The van der Waals surface area contributed by atoms with Crippen molar-refractivity contribution in [2.24, 2.45) is 5.10 Å². The number of hydrogen-bond acceptors (Lipinski definition) is 4. The molecule has 0 heterocycles. The molecule has 2 rings (SSSR count). The highest BCUT2D eigenvalue weighted by atomic mass is 16.3. The molecule has 136 valence electrons. The van der Waals surface area contributed by atoms with Crippen LogP contribution in [-0.4, -0.2) is 22.6 Å². The molecule has 0 spiro atoms. The van der Waals surface area contributed by atoms with E-state index < -0.39 is 0 Å². The fourth-order valence-corrected chi connectivity index (χ4v) is 2.44. The quantitative estimate of drug-likeness (QED) is 0.550. The first-order valence-corrected chi connectivity index (χ1v) is 8.35. The number of carbonyl (C=O) groups excluding carboxylic acids is 2. The highest BCUT2D eigenvalue weighted by molar-refractivity contribution is 6.01. The highest BCUT2D eigenvalue weighted by Crippen LogP contribution is 2.17. The molecule has 0 aliphatic rings. The van der Waals surface area contributed by atoms with Crippen LogP contribution in [0.25, 0.3) is 0 Å². The van der Waals surface area contributed by atoms with Crippen LogP contribution in [0.5, 0.6) is 5.75 Å². The lowest BCUT2D eigenvalue weighted by Crippen LogP contribution is -2.22. The van der Waals surface area contributed by atoms with Crippen LogP contribution >= 0.6 is 0 Å². The summed E-state index contributed by atoms with van der Waals surface area (Å²) in [7, 11) is 0. The minimum atomic E-state index is -0.365. The molecule has 0 atom stereocenters. The first kappa shape index (κ1) is 19.2. The summed E-state index contributed by atoms with van der Waals surface area (Å²) in [5.74, 6) is -0.500. The third-order valence-corrected chi connectivity index (χ3v) is 3.88. The van der Waals surface area contributed by atoms with Crippen LogP contribution < -0.4 is 10.7 Å². The molecule has 0 aromatic heterocycles. The van der Waals surface area contributed by atoms with Crippen LogP contribution in [0.15, 0.2) is 47.6 Å². The Kier molecular flexibility index (Phi) is 6.49. The number of para-hydroxylation sites is 1. The minimum Gasteiger partial charge on any atom is -0.507 e. The number of hydrogen-bond donors (Lipinski definition) is 3. The molecule has 6 heteroatoms. The van der Waals surface area contributed by atoms with Gasteiger partial charge in [-0.3, -0.25) is 9.59 Å². The predicted molar refractivity (Wildman–Crippen MR) is 102 cm³/mol. The topological polar surface area (TPSA) is 90.8 Å². The zero-order valence-electron chi connectivity index (χ0n) is 15.2. The van der Waals surface area contributed by atoms with Gasteiger partial charge in [-0.25, -0.2) is 5.43 Å². The highest BCUT2D eigenvalue weighted by Gasteiger charge is 2.09. The molecular weight excluding hydrogens is 330 g/mol. The van der Waals surface area contributed by atoms with E-state index >= 15 is 0 Å². The van der Waals surface area contributed by atoms with Crippen molar-refractivity contribution in [3.8, 4) is 5.75 Å². The van der Waals surface area contributed by atoms with Crippen molar-refractivity contribution in [1.82, 2.24) is 5.43 Å². The Bertz CT molecular complexity index is 844. The van der Waals surface area contributed by atoms with Crippen LogP contribution in [0.4, 0.5) is 5.69 Å². The molecule has 2 aromatic rings. The lowest BCUT2D eigenvalue weighted by atomic mass is 10.1. The number of aryl methyl sites for hydroxylation is 2. The summed E-state index contributed by atoms with van der Waals surface area (Å²) in [5.41, 5.74) is 6.27. The van der Waals surface area contributed by atoms with Gasteiger partial charge in [0.15, 0.2) is 0 Å². The molecule has 0 bridgehead atoms. The largest absolute Gasteiger partial charge is 0.507 e. The molecule has 2 aromatic carbocycles. The summed E-state index contributed by atoms with van der Waals surface area (Å²) in [6.45, 7) is 5.59.